The van der Waals surface area contributed by atoms with Gasteiger partial charge in [-0.1, -0.05) is 6.07 Å². The van der Waals surface area contributed by atoms with E-state index in [-0.39, 0.29) is 6.04 Å². The fourth-order valence-corrected chi connectivity index (χ4v) is 2.77. The average molecular weight is 278 g/mol. The number of hydrogen-bond donors (Lipinski definition) is 3. The van der Waals surface area contributed by atoms with Gasteiger partial charge in [0, 0.05) is 36.4 Å². The SMILES string of the molecule is CNC(C)c1ccc(N2CCCC(C)(O)CC2)cc1O. The first-order valence-corrected chi connectivity index (χ1v) is 7.40. The zero-order chi connectivity index (χ0) is 14.8. The standard InChI is InChI=1S/C16H26N2O2/c1-12(17-3)14-6-5-13(11-15(14)19)18-9-4-7-16(2,20)8-10-18/h5-6,11-12,17,19-20H,4,7-10H2,1-3H3. The van der Waals surface area contributed by atoms with E-state index >= 15 is 0 Å². The van der Waals surface area contributed by atoms with Gasteiger partial charge in [-0.05, 0) is 46.2 Å². The van der Waals surface area contributed by atoms with Crippen LogP contribution >= 0.6 is 0 Å². The van der Waals surface area contributed by atoms with Crippen LogP contribution in [0.1, 0.15) is 44.7 Å². The van der Waals surface area contributed by atoms with Crippen molar-refractivity contribution in [3.63, 3.8) is 0 Å². The maximum atomic E-state index is 10.2. The highest BCUT2D eigenvalue weighted by atomic mass is 16.3. The van der Waals surface area contributed by atoms with Crippen LogP contribution in [0, 0.1) is 0 Å². The van der Waals surface area contributed by atoms with Crippen LogP contribution in [0.15, 0.2) is 18.2 Å². The third-order valence-corrected chi connectivity index (χ3v) is 4.34. The quantitative estimate of drug-likeness (QED) is 0.795. The van der Waals surface area contributed by atoms with Crippen LogP contribution in [-0.2, 0) is 0 Å². The van der Waals surface area contributed by atoms with E-state index in [1.807, 2.05) is 33.0 Å². The van der Waals surface area contributed by atoms with Crippen molar-refractivity contribution in [2.45, 2.75) is 44.8 Å². The molecule has 0 radical (unpaired) electrons. The number of anilines is 1. The lowest BCUT2D eigenvalue weighted by Crippen LogP contribution is -2.28. The number of aromatic hydroxyl groups is 1. The van der Waals surface area contributed by atoms with Crippen molar-refractivity contribution in [1.29, 1.82) is 0 Å². The number of hydrogen-bond acceptors (Lipinski definition) is 4. The van der Waals surface area contributed by atoms with Gasteiger partial charge in [0.15, 0.2) is 0 Å². The number of phenolic OH excluding ortho intramolecular Hbond substituents is 1. The molecule has 1 aromatic carbocycles. The molecule has 2 atom stereocenters. The molecule has 0 bridgehead atoms. The van der Waals surface area contributed by atoms with Crippen LogP contribution in [0.3, 0.4) is 0 Å². The number of nitrogens with zero attached hydrogens (tertiary/aromatic N) is 1. The third kappa shape index (κ3) is 3.44. The van der Waals surface area contributed by atoms with Gasteiger partial charge in [-0.2, -0.15) is 0 Å². The van der Waals surface area contributed by atoms with Crippen LogP contribution < -0.4 is 10.2 Å². The van der Waals surface area contributed by atoms with Gasteiger partial charge in [-0.3, -0.25) is 0 Å². The lowest BCUT2D eigenvalue weighted by molar-refractivity contribution is 0.0481. The van der Waals surface area contributed by atoms with Crippen molar-refractivity contribution in [2.24, 2.45) is 0 Å². The average Bonchev–Trinajstić information content (AvgIpc) is 2.59. The third-order valence-electron chi connectivity index (χ3n) is 4.34. The van der Waals surface area contributed by atoms with Crippen LogP contribution in [0.2, 0.25) is 0 Å². The van der Waals surface area contributed by atoms with Crippen LogP contribution in [0.5, 0.6) is 5.75 Å². The topological polar surface area (TPSA) is 55.7 Å². The lowest BCUT2D eigenvalue weighted by atomic mass is 9.98. The Kier molecular flexibility index (Phi) is 4.55. The van der Waals surface area contributed by atoms with Gasteiger partial charge in [-0.15, -0.1) is 0 Å². The number of nitrogens with one attached hydrogen (secondary N) is 1. The van der Waals surface area contributed by atoms with Crippen molar-refractivity contribution < 1.29 is 10.2 Å². The van der Waals surface area contributed by atoms with Gasteiger partial charge in [0.25, 0.3) is 0 Å². The summed E-state index contributed by atoms with van der Waals surface area (Å²) in [6, 6.07) is 6.01. The van der Waals surface area contributed by atoms with Crippen molar-refractivity contribution in [2.75, 3.05) is 25.0 Å². The minimum Gasteiger partial charge on any atom is -0.508 e. The predicted molar refractivity (Wildman–Crippen MR) is 82.3 cm³/mol. The molecule has 3 N–H and O–H groups in total. The molecule has 2 rings (SSSR count). The van der Waals surface area contributed by atoms with Crippen LogP contribution in [0.4, 0.5) is 5.69 Å². The highest BCUT2D eigenvalue weighted by Gasteiger charge is 2.25. The van der Waals surface area contributed by atoms with Gasteiger partial charge >= 0.3 is 0 Å². The molecule has 2 unspecified atom stereocenters. The fraction of sp³-hybridized carbons (Fsp3) is 0.625. The summed E-state index contributed by atoms with van der Waals surface area (Å²) in [5.41, 5.74) is 1.39. The first-order chi connectivity index (χ1) is 9.43. The highest BCUT2D eigenvalue weighted by Crippen LogP contribution is 2.31. The van der Waals surface area contributed by atoms with E-state index < -0.39 is 5.60 Å². The minimum absolute atomic E-state index is 0.133. The summed E-state index contributed by atoms with van der Waals surface area (Å²) in [5.74, 6) is 0.334. The number of rotatable bonds is 3. The summed E-state index contributed by atoms with van der Waals surface area (Å²) in [4.78, 5) is 2.25. The molecule has 0 aliphatic carbocycles. The van der Waals surface area contributed by atoms with Gasteiger partial charge in [0.05, 0.1) is 5.60 Å². The Labute approximate surface area is 121 Å². The molecule has 0 amide bonds. The summed E-state index contributed by atoms with van der Waals surface area (Å²) in [5, 5.41) is 23.5. The molecule has 1 saturated heterocycles. The second kappa shape index (κ2) is 6.02. The Hall–Kier alpha value is -1.26. The molecule has 1 heterocycles. The number of benzene rings is 1. The van der Waals surface area contributed by atoms with E-state index in [1.165, 1.54) is 0 Å². The minimum atomic E-state index is -0.558. The van der Waals surface area contributed by atoms with Crippen molar-refractivity contribution in [3.8, 4) is 5.75 Å². The Morgan fingerprint density at radius 2 is 2.05 bits per heavy atom. The van der Waals surface area contributed by atoms with Crippen molar-refractivity contribution in [3.05, 3.63) is 23.8 Å². The van der Waals surface area contributed by atoms with Gasteiger partial charge in [0.1, 0.15) is 5.75 Å². The maximum Gasteiger partial charge on any atom is 0.122 e. The summed E-state index contributed by atoms with van der Waals surface area (Å²) in [7, 11) is 1.88. The Morgan fingerprint density at radius 1 is 1.30 bits per heavy atom. The molecule has 20 heavy (non-hydrogen) atoms. The summed E-state index contributed by atoms with van der Waals surface area (Å²) in [6.45, 7) is 5.69. The second-order valence-electron chi connectivity index (χ2n) is 6.09. The second-order valence-corrected chi connectivity index (χ2v) is 6.09. The smallest absolute Gasteiger partial charge is 0.122 e. The zero-order valence-electron chi connectivity index (χ0n) is 12.7. The molecule has 0 aromatic heterocycles. The van der Waals surface area contributed by atoms with Gasteiger partial charge < -0.3 is 20.4 Å². The Balaban J connectivity index is 2.15. The highest BCUT2D eigenvalue weighted by molar-refractivity contribution is 5.54. The molecular weight excluding hydrogens is 252 g/mol. The van der Waals surface area contributed by atoms with E-state index in [0.717, 1.165) is 43.6 Å². The van der Waals surface area contributed by atoms with E-state index in [0.29, 0.717) is 5.75 Å². The normalized spacial score (nSPS) is 25.3. The molecule has 0 saturated carbocycles. The summed E-state index contributed by atoms with van der Waals surface area (Å²) < 4.78 is 0. The number of aliphatic hydroxyl groups is 1. The van der Waals surface area contributed by atoms with Crippen LogP contribution in [0.25, 0.3) is 0 Å². The number of phenols is 1. The molecule has 0 spiro atoms. The Bertz CT molecular complexity index is 460. The molecule has 1 aliphatic heterocycles. The van der Waals surface area contributed by atoms with E-state index in [2.05, 4.69) is 16.3 Å². The zero-order valence-corrected chi connectivity index (χ0v) is 12.7. The van der Waals surface area contributed by atoms with E-state index in [4.69, 9.17) is 0 Å². The van der Waals surface area contributed by atoms with Gasteiger partial charge in [0.2, 0.25) is 0 Å². The molecule has 4 nitrogen and oxygen atoms in total. The molecule has 1 fully saturated rings. The monoisotopic (exact) mass is 278 g/mol. The van der Waals surface area contributed by atoms with Crippen molar-refractivity contribution >= 4 is 5.69 Å². The molecule has 1 aromatic rings. The molecule has 112 valence electrons. The van der Waals surface area contributed by atoms with E-state index in [1.54, 1.807) is 0 Å². The Morgan fingerprint density at radius 3 is 2.70 bits per heavy atom. The van der Waals surface area contributed by atoms with Crippen molar-refractivity contribution in [1.82, 2.24) is 5.32 Å². The molecule has 1 aliphatic rings. The first kappa shape index (κ1) is 15.1. The van der Waals surface area contributed by atoms with E-state index in [9.17, 15) is 10.2 Å². The molecule has 4 heteroatoms. The van der Waals surface area contributed by atoms with Crippen LogP contribution in [-0.4, -0.2) is 36.0 Å². The maximum absolute atomic E-state index is 10.2. The lowest BCUT2D eigenvalue weighted by Gasteiger charge is -2.25. The summed E-state index contributed by atoms with van der Waals surface area (Å²) in [6.07, 6.45) is 2.58. The molecular formula is C16H26N2O2. The summed E-state index contributed by atoms with van der Waals surface area (Å²) >= 11 is 0. The predicted octanol–water partition coefficient (Wildman–Crippen LogP) is 2.41. The largest absolute Gasteiger partial charge is 0.508 e. The first-order valence-electron chi connectivity index (χ1n) is 7.40. The fourth-order valence-electron chi connectivity index (χ4n) is 2.77. The van der Waals surface area contributed by atoms with Gasteiger partial charge in [-0.25, -0.2) is 0 Å².